The summed E-state index contributed by atoms with van der Waals surface area (Å²) >= 11 is 0. The summed E-state index contributed by atoms with van der Waals surface area (Å²) in [6, 6.07) is 11.9. The fourth-order valence-corrected chi connectivity index (χ4v) is 2.26. The van der Waals surface area contributed by atoms with E-state index in [9.17, 15) is 4.79 Å². The molecule has 2 atom stereocenters. The highest BCUT2D eigenvalue weighted by Gasteiger charge is 2.16. The van der Waals surface area contributed by atoms with Crippen molar-refractivity contribution >= 4 is 6.03 Å². The van der Waals surface area contributed by atoms with E-state index in [2.05, 4.69) is 34.8 Å². The van der Waals surface area contributed by atoms with E-state index < -0.39 is 0 Å². The van der Waals surface area contributed by atoms with Crippen LogP contribution in [-0.4, -0.2) is 28.4 Å². The van der Waals surface area contributed by atoms with Gasteiger partial charge in [-0.15, -0.1) is 0 Å². The second kappa shape index (κ2) is 7.99. The van der Waals surface area contributed by atoms with E-state index in [4.69, 9.17) is 5.26 Å². The van der Waals surface area contributed by atoms with Gasteiger partial charge in [0.1, 0.15) is 6.07 Å². The summed E-state index contributed by atoms with van der Waals surface area (Å²) in [6.45, 7) is 5.06. The number of amides is 2. The summed E-state index contributed by atoms with van der Waals surface area (Å²) < 4.78 is 1.63. The molecule has 2 amide bonds. The maximum atomic E-state index is 11.9. The summed E-state index contributed by atoms with van der Waals surface area (Å²) in [4.78, 5) is 11.9. The van der Waals surface area contributed by atoms with Gasteiger partial charge in [0.2, 0.25) is 0 Å². The van der Waals surface area contributed by atoms with Gasteiger partial charge >= 0.3 is 6.03 Å². The van der Waals surface area contributed by atoms with Crippen molar-refractivity contribution in [1.82, 2.24) is 20.4 Å². The predicted octanol–water partition coefficient (Wildman–Crippen LogP) is 2.25. The van der Waals surface area contributed by atoms with Crippen LogP contribution < -0.4 is 10.6 Å². The number of carbonyl (C=O) groups excluding carboxylic acids is 1. The topological polar surface area (TPSA) is 82.7 Å². The molecule has 0 radical (unpaired) electrons. The van der Waals surface area contributed by atoms with Gasteiger partial charge < -0.3 is 10.6 Å². The fourth-order valence-electron chi connectivity index (χ4n) is 2.26. The van der Waals surface area contributed by atoms with Crippen LogP contribution in [0.1, 0.15) is 30.9 Å². The lowest BCUT2D eigenvalue weighted by atomic mass is 9.95. The molecule has 1 heterocycles. The van der Waals surface area contributed by atoms with Crippen LogP contribution in [0, 0.1) is 11.3 Å². The van der Waals surface area contributed by atoms with Crippen molar-refractivity contribution < 1.29 is 4.79 Å². The molecule has 0 aliphatic rings. The lowest BCUT2D eigenvalue weighted by Gasteiger charge is -2.22. The van der Waals surface area contributed by atoms with Crippen molar-refractivity contribution in [1.29, 1.82) is 5.26 Å². The molecule has 0 spiro atoms. The maximum absolute atomic E-state index is 11.9. The third kappa shape index (κ3) is 4.85. The first-order valence-electron chi connectivity index (χ1n) is 7.62. The first kappa shape index (κ1) is 16.6. The van der Waals surface area contributed by atoms with E-state index in [0.29, 0.717) is 18.7 Å². The van der Waals surface area contributed by atoms with E-state index in [-0.39, 0.29) is 18.0 Å². The number of nitriles is 1. The van der Waals surface area contributed by atoms with Crippen molar-refractivity contribution in [3.63, 3.8) is 0 Å². The Bertz CT molecular complexity index is 674. The van der Waals surface area contributed by atoms with Crippen molar-refractivity contribution in [3.8, 4) is 6.07 Å². The van der Waals surface area contributed by atoms with E-state index in [1.165, 1.54) is 11.8 Å². The summed E-state index contributed by atoms with van der Waals surface area (Å²) in [6.07, 6.45) is 3.16. The Balaban J connectivity index is 1.75. The number of nitrogens with one attached hydrogen (secondary N) is 2. The molecule has 1 aromatic heterocycles. The number of carbonyl (C=O) groups is 1. The van der Waals surface area contributed by atoms with Crippen molar-refractivity contribution in [3.05, 3.63) is 53.9 Å². The molecule has 0 saturated heterocycles. The Labute approximate surface area is 136 Å². The van der Waals surface area contributed by atoms with Gasteiger partial charge in [0.15, 0.2) is 0 Å². The third-order valence-electron chi connectivity index (χ3n) is 3.82. The van der Waals surface area contributed by atoms with Crippen LogP contribution in [0.3, 0.4) is 0 Å². The molecule has 0 bridgehead atoms. The van der Waals surface area contributed by atoms with Gasteiger partial charge in [0.05, 0.1) is 18.3 Å². The smallest absolute Gasteiger partial charge is 0.315 e. The van der Waals surface area contributed by atoms with Crippen molar-refractivity contribution in [2.75, 3.05) is 6.54 Å². The van der Waals surface area contributed by atoms with E-state index >= 15 is 0 Å². The van der Waals surface area contributed by atoms with Gasteiger partial charge in [-0.3, -0.25) is 4.68 Å². The highest BCUT2D eigenvalue weighted by atomic mass is 16.2. The second-order valence-electron chi connectivity index (χ2n) is 5.49. The summed E-state index contributed by atoms with van der Waals surface area (Å²) in [5.41, 5.74) is 1.71. The van der Waals surface area contributed by atoms with Crippen LogP contribution in [0.15, 0.2) is 42.7 Å². The predicted molar refractivity (Wildman–Crippen MR) is 87.8 cm³/mol. The Hall–Kier alpha value is -2.81. The molecule has 120 valence electrons. The van der Waals surface area contributed by atoms with Gasteiger partial charge in [-0.2, -0.15) is 10.4 Å². The highest BCUT2D eigenvalue weighted by molar-refractivity contribution is 5.74. The molecule has 0 unspecified atom stereocenters. The second-order valence-corrected chi connectivity index (χ2v) is 5.49. The molecule has 2 aromatic rings. The standard InChI is InChI=1S/C17H21N5O/c1-13(16-6-4-3-5-7-16)14(2)21-17(23)19-8-9-22-12-15(10-18)11-20-22/h3-7,11-14H,8-9H2,1-2H3,(H2,19,21,23)/t13-,14-/m1/s1. The number of hydrogen-bond acceptors (Lipinski definition) is 3. The molecule has 0 aliphatic carbocycles. The van der Waals surface area contributed by atoms with Gasteiger partial charge in [-0.1, -0.05) is 37.3 Å². The average molecular weight is 311 g/mol. The summed E-state index contributed by atoms with van der Waals surface area (Å²) in [7, 11) is 0. The number of rotatable bonds is 6. The van der Waals surface area contributed by atoms with Crippen LogP contribution in [0.2, 0.25) is 0 Å². The van der Waals surface area contributed by atoms with E-state index in [1.54, 1.807) is 10.9 Å². The molecule has 6 heteroatoms. The van der Waals surface area contributed by atoms with Gasteiger partial charge in [0, 0.05) is 24.7 Å². The first-order valence-corrected chi connectivity index (χ1v) is 7.62. The molecule has 2 N–H and O–H groups in total. The fraction of sp³-hybridized carbons (Fsp3) is 0.353. The molecule has 1 aromatic carbocycles. The van der Waals surface area contributed by atoms with Crippen molar-refractivity contribution in [2.45, 2.75) is 32.4 Å². The largest absolute Gasteiger partial charge is 0.336 e. The zero-order valence-corrected chi connectivity index (χ0v) is 13.4. The van der Waals surface area contributed by atoms with Crippen LogP contribution in [0.5, 0.6) is 0 Å². The van der Waals surface area contributed by atoms with E-state index in [1.807, 2.05) is 31.2 Å². The number of hydrogen-bond donors (Lipinski definition) is 2. The normalized spacial score (nSPS) is 12.9. The lowest BCUT2D eigenvalue weighted by Crippen LogP contribution is -2.43. The Morgan fingerprint density at radius 2 is 2.09 bits per heavy atom. The van der Waals surface area contributed by atoms with Crippen LogP contribution >= 0.6 is 0 Å². The Morgan fingerprint density at radius 3 is 2.74 bits per heavy atom. The number of urea groups is 1. The molecule has 0 fully saturated rings. The van der Waals surface area contributed by atoms with Crippen LogP contribution in [0.4, 0.5) is 4.79 Å². The Morgan fingerprint density at radius 1 is 1.35 bits per heavy atom. The van der Waals surface area contributed by atoms with Crippen molar-refractivity contribution in [2.24, 2.45) is 0 Å². The zero-order valence-electron chi connectivity index (χ0n) is 13.4. The maximum Gasteiger partial charge on any atom is 0.315 e. The first-order chi connectivity index (χ1) is 11.1. The molecular weight excluding hydrogens is 290 g/mol. The zero-order chi connectivity index (χ0) is 16.7. The molecule has 6 nitrogen and oxygen atoms in total. The minimum atomic E-state index is -0.201. The molecule has 23 heavy (non-hydrogen) atoms. The average Bonchev–Trinajstić information content (AvgIpc) is 3.03. The van der Waals surface area contributed by atoms with Crippen LogP contribution in [0.25, 0.3) is 0 Å². The summed E-state index contributed by atoms with van der Waals surface area (Å²) in [5, 5.41) is 18.5. The van der Waals surface area contributed by atoms with Gasteiger partial charge in [0.25, 0.3) is 0 Å². The monoisotopic (exact) mass is 311 g/mol. The molecular formula is C17H21N5O. The minimum absolute atomic E-state index is 0.0206. The highest BCUT2D eigenvalue weighted by Crippen LogP contribution is 2.18. The van der Waals surface area contributed by atoms with E-state index in [0.717, 1.165) is 0 Å². The number of benzene rings is 1. The Kier molecular flexibility index (Phi) is 5.75. The minimum Gasteiger partial charge on any atom is -0.336 e. The van der Waals surface area contributed by atoms with Crippen LogP contribution in [-0.2, 0) is 6.54 Å². The SMILES string of the molecule is C[C@@H](NC(=O)NCCn1cc(C#N)cn1)[C@@H](C)c1ccccc1. The van der Waals surface area contributed by atoms with Gasteiger partial charge in [-0.05, 0) is 12.5 Å². The molecule has 2 rings (SSSR count). The molecule has 0 saturated carbocycles. The third-order valence-corrected chi connectivity index (χ3v) is 3.82. The quantitative estimate of drug-likeness (QED) is 0.858. The summed E-state index contributed by atoms with van der Waals surface area (Å²) in [5.74, 6) is 0.228. The lowest BCUT2D eigenvalue weighted by molar-refractivity contribution is 0.235. The number of aromatic nitrogens is 2. The number of nitrogens with zero attached hydrogens (tertiary/aromatic N) is 3. The van der Waals surface area contributed by atoms with Gasteiger partial charge in [-0.25, -0.2) is 4.79 Å². The molecule has 0 aliphatic heterocycles.